The molecule has 1 fully saturated rings. The molecule has 0 unspecified atom stereocenters. The molecule has 0 spiro atoms. The first-order valence-corrected chi connectivity index (χ1v) is 9.61. The number of nitrogens with zero attached hydrogens (tertiary/aromatic N) is 1. The van der Waals surface area contributed by atoms with Crippen molar-refractivity contribution in [1.82, 2.24) is 14.3 Å². The summed E-state index contributed by atoms with van der Waals surface area (Å²) in [5.41, 5.74) is 0.174. The second-order valence-corrected chi connectivity index (χ2v) is 8.77. The van der Waals surface area contributed by atoms with Gasteiger partial charge in [0.25, 0.3) is 10.2 Å². The van der Waals surface area contributed by atoms with Crippen LogP contribution in [0.5, 0.6) is 0 Å². The summed E-state index contributed by atoms with van der Waals surface area (Å²) >= 11 is 0. The van der Waals surface area contributed by atoms with Crippen LogP contribution in [-0.4, -0.2) is 46.5 Å². The number of hydrogen-bond donors (Lipinski definition) is 2. The van der Waals surface area contributed by atoms with Gasteiger partial charge in [-0.3, -0.25) is 0 Å². The quantitative estimate of drug-likeness (QED) is 0.605. The van der Waals surface area contributed by atoms with Crippen molar-refractivity contribution in [3.63, 3.8) is 0 Å². The summed E-state index contributed by atoms with van der Waals surface area (Å²) in [6.45, 7) is 6.41. The molecular weight excluding hydrogens is 286 g/mol. The monoisotopic (exact) mass is 319 g/mol. The summed E-state index contributed by atoms with van der Waals surface area (Å²) in [4.78, 5) is 0. The van der Waals surface area contributed by atoms with Crippen molar-refractivity contribution < 1.29 is 8.42 Å². The van der Waals surface area contributed by atoms with Gasteiger partial charge in [0, 0.05) is 20.1 Å². The predicted octanol–water partition coefficient (Wildman–Crippen LogP) is 1.97. The average Bonchev–Trinajstić information content (AvgIpc) is 2.85. The van der Waals surface area contributed by atoms with Crippen LogP contribution in [0.3, 0.4) is 0 Å². The van der Waals surface area contributed by atoms with Gasteiger partial charge in [0.05, 0.1) is 0 Å². The smallest absolute Gasteiger partial charge is 0.279 e. The van der Waals surface area contributed by atoms with E-state index in [1.807, 2.05) is 7.05 Å². The first-order chi connectivity index (χ1) is 9.81. The van der Waals surface area contributed by atoms with Crippen LogP contribution >= 0.6 is 0 Å². The molecule has 0 aromatic carbocycles. The largest absolute Gasteiger partial charge is 0.320 e. The van der Waals surface area contributed by atoms with Crippen LogP contribution in [0.15, 0.2) is 0 Å². The fraction of sp³-hybridized carbons (Fsp3) is 1.00. The van der Waals surface area contributed by atoms with Crippen LogP contribution in [0.4, 0.5) is 0 Å². The Bertz CT molecular complexity index is 390. The van der Waals surface area contributed by atoms with Crippen molar-refractivity contribution in [2.45, 2.75) is 52.4 Å². The molecule has 0 saturated heterocycles. The van der Waals surface area contributed by atoms with Gasteiger partial charge in [-0.2, -0.15) is 12.7 Å². The molecule has 0 aliphatic heterocycles. The first-order valence-electron chi connectivity index (χ1n) is 8.17. The van der Waals surface area contributed by atoms with Crippen LogP contribution in [-0.2, 0) is 10.2 Å². The highest BCUT2D eigenvalue weighted by atomic mass is 32.2. The van der Waals surface area contributed by atoms with E-state index in [1.165, 1.54) is 17.1 Å². The maximum Gasteiger partial charge on any atom is 0.279 e. The Kier molecular flexibility index (Phi) is 7.60. The fourth-order valence-corrected chi connectivity index (χ4v) is 4.48. The van der Waals surface area contributed by atoms with Gasteiger partial charge in [-0.05, 0) is 50.6 Å². The minimum atomic E-state index is -3.35. The van der Waals surface area contributed by atoms with E-state index < -0.39 is 10.2 Å². The zero-order chi connectivity index (χ0) is 15.9. The van der Waals surface area contributed by atoms with E-state index in [0.29, 0.717) is 19.0 Å². The maximum absolute atomic E-state index is 12.3. The van der Waals surface area contributed by atoms with Crippen LogP contribution in [0.2, 0.25) is 0 Å². The van der Waals surface area contributed by atoms with Gasteiger partial charge < -0.3 is 5.32 Å². The molecule has 0 aromatic heterocycles. The SMILES string of the molecule is CNCCCN(C)S(=O)(=O)NCC1(CC(C)C)CCCC1. The van der Waals surface area contributed by atoms with Crippen LogP contribution in [0.25, 0.3) is 0 Å². The molecule has 0 aromatic rings. The lowest BCUT2D eigenvalue weighted by molar-refractivity contribution is 0.235. The van der Waals surface area contributed by atoms with Gasteiger partial charge in [-0.25, -0.2) is 4.72 Å². The highest BCUT2D eigenvalue weighted by Gasteiger charge is 2.35. The topological polar surface area (TPSA) is 61.4 Å². The Labute approximate surface area is 131 Å². The lowest BCUT2D eigenvalue weighted by Gasteiger charge is -2.32. The number of nitrogens with one attached hydrogen (secondary N) is 2. The van der Waals surface area contributed by atoms with E-state index in [1.54, 1.807) is 7.05 Å². The Morgan fingerprint density at radius 2 is 1.86 bits per heavy atom. The maximum atomic E-state index is 12.3. The van der Waals surface area contributed by atoms with E-state index >= 15 is 0 Å². The molecule has 5 nitrogen and oxygen atoms in total. The summed E-state index contributed by atoms with van der Waals surface area (Å²) in [6.07, 6.45) is 6.69. The molecule has 1 rings (SSSR count). The summed E-state index contributed by atoms with van der Waals surface area (Å²) in [5.74, 6) is 0.612. The molecule has 0 heterocycles. The van der Waals surface area contributed by atoms with Gasteiger partial charge >= 0.3 is 0 Å². The minimum Gasteiger partial charge on any atom is -0.320 e. The van der Waals surface area contributed by atoms with Gasteiger partial charge in [-0.15, -0.1) is 0 Å². The fourth-order valence-electron chi connectivity index (χ4n) is 3.40. The molecule has 1 aliphatic rings. The molecule has 126 valence electrons. The molecule has 1 aliphatic carbocycles. The lowest BCUT2D eigenvalue weighted by atomic mass is 9.79. The van der Waals surface area contributed by atoms with Crippen molar-refractivity contribution in [3.8, 4) is 0 Å². The summed E-state index contributed by atoms with van der Waals surface area (Å²) in [5, 5.41) is 3.04. The molecular formula is C15H33N3O2S. The standard InChI is InChI=1S/C15H33N3O2S/c1-14(2)12-15(8-5-6-9-15)13-17-21(19,20)18(4)11-7-10-16-3/h14,16-17H,5-13H2,1-4H3. The minimum absolute atomic E-state index is 0.174. The normalized spacial score (nSPS) is 18.8. The van der Waals surface area contributed by atoms with E-state index in [9.17, 15) is 8.42 Å². The summed E-state index contributed by atoms with van der Waals surface area (Å²) in [6, 6.07) is 0. The lowest BCUT2D eigenvalue weighted by Crippen LogP contribution is -2.44. The van der Waals surface area contributed by atoms with Crippen LogP contribution in [0, 0.1) is 11.3 Å². The van der Waals surface area contributed by atoms with E-state index in [2.05, 4.69) is 23.9 Å². The molecule has 1 saturated carbocycles. The highest BCUT2D eigenvalue weighted by molar-refractivity contribution is 7.87. The highest BCUT2D eigenvalue weighted by Crippen LogP contribution is 2.42. The average molecular weight is 320 g/mol. The zero-order valence-electron chi connectivity index (χ0n) is 14.1. The second-order valence-electron chi connectivity index (χ2n) is 6.91. The van der Waals surface area contributed by atoms with Gasteiger partial charge in [-0.1, -0.05) is 26.7 Å². The van der Waals surface area contributed by atoms with Crippen molar-refractivity contribution >= 4 is 10.2 Å². The summed E-state index contributed by atoms with van der Waals surface area (Å²) < 4.78 is 28.9. The van der Waals surface area contributed by atoms with Crippen LogP contribution in [0.1, 0.15) is 52.4 Å². The molecule has 0 radical (unpaired) electrons. The van der Waals surface area contributed by atoms with Crippen molar-refractivity contribution in [2.24, 2.45) is 11.3 Å². The third-order valence-electron chi connectivity index (χ3n) is 4.45. The molecule has 21 heavy (non-hydrogen) atoms. The van der Waals surface area contributed by atoms with E-state index in [0.717, 1.165) is 32.2 Å². The van der Waals surface area contributed by atoms with E-state index in [-0.39, 0.29) is 5.41 Å². The second kappa shape index (κ2) is 8.46. The third-order valence-corrected chi connectivity index (χ3v) is 5.96. The molecule has 0 bridgehead atoms. The van der Waals surface area contributed by atoms with Crippen molar-refractivity contribution in [2.75, 3.05) is 33.7 Å². The molecule has 6 heteroatoms. The van der Waals surface area contributed by atoms with Crippen molar-refractivity contribution in [3.05, 3.63) is 0 Å². The van der Waals surface area contributed by atoms with Gasteiger partial charge in [0.1, 0.15) is 0 Å². The zero-order valence-corrected chi connectivity index (χ0v) is 14.9. The Morgan fingerprint density at radius 1 is 1.24 bits per heavy atom. The predicted molar refractivity (Wildman–Crippen MR) is 88.5 cm³/mol. The van der Waals surface area contributed by atoms with Gasteiger partial charge in [0.2, 0.25) is 0 Å². The molecule has 0 atom stereocenters. The molecule has 0 amide bonds. The van der Waals surface area contributed by atoms with Gasteiger partial charge in [0.15, 0.2) is 0 Å². The number of hydrogen-bond acceptors (Lipinski definition) is 3. The summed E-state index contributed by atoms with van der Waals surface area (Å²) in [7, 11) is 0.185. The van der Waals surface area contributed by atoms with Crippen molar-refractivity contribution in [1.29, 1.82) is 0 Å². The molecule has 2 N–H and O–H groups in total. The Morgan fingerprint density at radius 3 is 2.38 bits per heavy atom. The third kappa shape index (κ3) is 6.22. The van der Waals surface area contributed by atoms with Crippen LogP contribution < -0.4 is 10.0 Å². The Balaban J connectivity index is 2.53. The Hall–Kier alpha value is -0.170. The first kappa shape index (κ1) is 18.9. The number of rotatable bonds is 10. The van der Waals surface area contributed by atoms with E-state index in [4.69, 9.17) is 0 Å².